The van der Waals surface area contributed by atoms with Crippen LogP contribution < -0.4 is 0 Å². The van der Waals surface area contributed by atoms with E-state index in [1.165, 1.54) is 13.0 Å². The molecule has 2 unspecified atom stereocenters. The zero-order valence-electron chi connectivity index (χ0n) is 7.73. The fraction of sp³-hybridized carbons (Fsp3) is 0.556. The van der Waals surface area contributed by atoms with Crippen molar-refractivity contribution in [3.8, 4) is 0 Å². The zero-order chi connectivity index (χ0) is 10.4. The van der Waals surface area contributed by atoms with E-state index in [0.29, 0.717) is 6.42 Å². The summed E-state index contributed by atoms with van der Waals surface area (Å²) in [6, 6.07) is 0. The highest BCUT2D eigenvalue weighted by Gasteiger charge is 2.27. The number of carbonyl (C=O) groups is 2. The number of allylic oxidation sites excluding steroid dienone is 1. The molecule has 0 spiro atoms. The van der Waals surface area contributed by atoms with Crippen molar-refractivity contribution in [1.82, 2.24) is 0 Å². The second-order valence-electron chi connectivity index (χ2n) is 2.83. The molecule has 0 aliphatic heterocycles. The standard InChI is InChI=1S/C9H14O4/c1-3-4-5-7(9(12)13)6(2)8(10)11/h4-7H,3H2,1-2H3,(H,10,11)(H,12,13). The number of rotatable bonds is 5. The second-order valence-corrected chi connectivity index (χ2v) is 2.83. The molecule has 0 aliphatic carbocycles. The second kappa shape index (κ2) is 5.35. The Bertz CT molecular complexity index is 220. The fourth-order valence-electron chi connectivity index (χ4n) is 0.899. The Labute approximate surface area is 76.9 Å². The Morgan fingerprint density at radius 3 is 2.15 bits per heavy atom. The van der Waals surface area contributed by atoms with E-state index in [1.54, 1.807) is 6.08 Å². The van der Waals surface area contributed by atoms with Gasteiger partial charge in [0, 0.05) is 0 Å². The molecule has 0 amide bonds. The van der Waals surface area contributed by atoms with Gasteiger partial charge in [0.15, 0.2) is 0 Å². The van der Waals surface area contributed by atoms with E-state index in [-0.39, 0.29) is 0 Å². The Balaban J connectivity index is 4.51. The Hall–Kier alpha value is -1.32. The summed E-state index contributed by atoms with van der Waals surface area (Å²) >= 11 is 0. The molecule has 0 aromatic carbocycles. The third-order valence-electron chi connectivity index (χ3n) is 1.79. The molecule has 2 atom stereocenters. The minimum absolute atomic E-state index is 0.704. The topological polar surface area (TPSA) is 74.6 Å². The van der Waals surface area contributed by atoms with E-state index in [0.717, 1.165) is 0 Å². The van der Waals surface area contributed by atoms with Gasteiger partial charge in [0.2, 0.25) is 0 Å². The minimum Gasteiger partial charge on any atom is -0.481 e. The summed E-state index contributed by atoms with van der Waals surface area (Å²) in [5.41, 5.74) is 0. The molecule has 0 aromatic heterocycles. The van der Waals surface area contributed by atoms with E-state index in [4.69, 9.17) is 10.2 Å². The molecule has 4 heteroatoms. The third-order valence-corrected chi connectivity index (χ3v) is 1.79. The first-order valence-electron chi connectivity index (χ1n) is 4.13. The molecule has 0 heterocycles. The van der Waals surface area contributed by atoms with E-state index in [2.05, 4.69) is 0 Å². The average molecular weight is 186 g/mol. The molecule has 0 aromatic rings. The largest absolute Gasteiger partial charge is 0.481 e. The van der Waals surface area contributed by atoms with Gasteiger partial charge in [0.25, 0.3) is 0 Å². The van der Waals surface area contributed by atoms with E-state index < -0.39 is 23.8 Å². The maximum atomic E-state index is 10.6. The number of carboxylic acids is 2. The predicted octanol–water partition coefficient (Wildman–Crippen LogP) is 1.37. The van der Waals surface area contributed by atoms with Gasteiger partial charge < -0.3 is 10.2 Å². The molecule has 0 aliphatic rings. The molecule has 13 heavy (non-hydrogen) atoms. The molecule has 0 radical (unpaired) electrons. The molecule has 0 saturated carbocycles. The van der Waals surface area contributed by atoms with E-state index >= 15 is 0 Å². The summed E-state index contributed by atoms with van der Waals surface area (Å²) in [6.45, 7) is 3.25. The maximum absolute atomic E-state index is 10.6. The van der Waals surface area contributed by atoms with Gasteiger partial charge in [0.1, 0.15) is 0 Å². The van der Waals surface area contributed by atoms with Gasteiger partial charge >= 0.3 is 11.9 Å². The van der Waals surface area contributed by atoms with Gasteiger partial charge in [-0.1, -0.05) is 26.0 Å². The molecular weight excluding hydrogens is 172 g/mol. The number of hydrogen-bond acceptors (Lipinski definition) is 2. The Kier molecular flexibility index (Phi) is 4.80. The molecule has 0 bridgehead atoms. The van der Waals surface area contributed by atoms with Crippen molar-refractivity contribution in [1.29, 1.82) is 0 Å². The third kappa shape index (κ3) is 3.73. The first-order chi connectivity index (χ1) is 6.00. The zero-order valence-corrected chi connectivity index (χ0v) is 7.73. The highest BCUT2D eigenvalue weighted by molar-refractivity contribution is 5.81. The van der Waals surface area contributed by atoms with Crippen molar-refractivity contribution < 1.29 is 19.8 Å². The summed E-state index contributed by atoms with van der Waals surface area (Å²) in [5, 5.41) is 17.3. The van der Waals surface area contributed by atoms with Gasteiger partial charge in [-0.05, 0) is 6.42 Å². The van der Waals surface area contributed by atoms with Crippen molar-refractivity contribution in [3.05, 3.63) is 12.2 Å². The first-order valence-corrected chi connectivity index (χ1v) is 4.13. The number of hydrogen-bond donors (Lipinski definition) is 2. The van der Waals surface area contributed by atoms with E-state index in [9.17, 15) is 9.59 Å². The van der Waals surface area contributed by atoms with Gasteiger partial charge in [-0.2, -0.15) is 0 Å². The van der Waals surface area contributed by atoms with Crippen LogP contribution in [-0.4, -0.2) is 22.2 Å². The van der Waals surface area contributed by atoms with Gasteiger partial charge in [0.05, 0.1) is 11.8 Å². The monoisotopic (exact) mass is 186 g/mol. The van der Waals surface area contributed by atoms with Crippen LogP contribution in [0.3, 0.4) is 0 Å². The summed E-state index contributed by atoms with van der Waals surface area (Å²) in [6.07, 6.45) is 3.80. The normalized spacial score (nSPS) is 15.5. The lowest BCUT2D eigenvalue weighted by atomic mass is 9.94. The van der Waals surface area contributed by atoms with Crippen LogP contribution in [0.25, 0.3) is 0 Å². The van der Waals surface area contributed by atoms with Crippen LogP contribution in [0.2, 0.25) is 0 Å². The van der Waals surface area contributed by atoms with Crippen molar-refractivity contribution >= 4 is 11.9 Å². The maximum Gasteiger partial charge on any atom is 0.311 e. The van der Waals surface area contributed by atoms with E-state index in [1.807, 2.05) is 6.92 Å². The summed E-state index contributed by atoms with van der Waals surface area (Å²) in [4.78, 5) is 21.1. The Morgan fingerprint density at radius 1 is 1.31 bits per heavy atom. The number of aliphatic carboxylic acids is 2. The van der Waals surface area contributed by atoms with Gasteiger partial charge in [-0.25, -0.2) is 0 Å². The average Bonchev–Trinajstić information content (AvgIpc) is 2.04. The molecule has 0 saturated heterocycles. The number of carboxylic acid groups (broad SMARTS) is 2. The lowest BCUT2D eigenvalue weighted by molar-refractivity contribution is -0.151. The van der Waals surface area contributed by atoms with Crippen molar-refractivity contribution in [2.24, 2.45) is 11.8 Å². The van der Waals surface area contributed by atoms with Crippen LogP contribution >= 0.6 is 0 Å². The van der Waals surface area contributed by atoms with Crippen LogP contribution in [0.1, 0.15) is 20.3 Å². The fourth-order valence-corrected chi connectivity index (χ4v) is 0.899. The van der Waals surface area contributed by atoms with Crippen LogP contribution in [0.15, 0.2) is 12.2 Å². The molecule has 2 N–H and O–H groups in total. The van der Waals surface area contributed by atoms with Crippen molar-refractivity contribution in [2.75, 3.05) is 0 Å². The smallest absolute Gasteiger partial charge is 0.311 e. The quantitative estimate of drug-likeness (QED) is 0.636. The summed E-state index contributed by atoms with van der Waals surface area (Å²) in [7, 11) is 0. The first kappa shape index (κ1) is 11.7. The lowest BCUT2D eigenvalue weighted by Crippen LogP contribution is -2.25. The van der Waals surface area contributed by atoms with Crippen molar-refractivity contribution in [2.45, 2.75) is 20.3 Å². The predicted molar refractivity (Wildman–Crippen MR) is 47.4 cm³/mol. The van der Waals surface area contributed by atoms with Gasteiger partial charge in [-0.3, -0.25) is 9.59 Å². The molecular formula is C9H14O4. The molecule has 4 nitrogen and oxygen atoms in total. The van der Waals surface area contributed by atoms with Crippen LogP contribution in [0.5, 0.6) is 0 Å². The van der Waals surface area contributed by atoms with Crippen LogP contribution in [0, 0.1) is 11.8 Å². The lowest BCUT2D eigenvalue weighted by Gasteiger charge is -2.11. The Morgan fingerprint density at radius 2 is 1.85 bits per heavy atom. The molecule has 0 rings (SSSR count). The summed E-state index contributed by atoms with van der Waals surface area (Å²) in [5.74, 6) is -4.01. The minimum atomic E-state index is -1.10. The highest BCUT2D eigenvalue weighted by Crippen LogP contribution is 2.14. The summed E-state index contributed by atoms with van der Waals surface area (Å²) < 4.78 is 0. The molecule has 0 fully saturated rings. The van der Waals surface area contributed by atoms with Crippen LogP contribution in [0.4, 0.5) is 0 Å². The highest BCUT2D eigenvalue weighted by atomic mass is 16.4. The SMILES string of the molecule is CCC=CC(C(=O)O)C(C)C(=O)O. The van der Waals surface area contributed by atoms with Gasteiger partial charge in [-0.15, -0.1) is 0 Å². The van der Waals surface area contributed by atoms with Crippen molar-refractivity contribution in [3.63, 3.8) is 0 Å². The molecule has 74 valence electrons. The van der Waals surface area contributed by atoms with Crippen LogP contribution in [-0.2, 0) is 9.59 Å².